The van der Waals surface area contributed by atoms with Gasteiger partial charge in [0, 0.05) is 11.6 Å². The van der Waals surface area contributed by atoms with Crippen LogP contribution in [-0.4, -0.2) is 35.1 Å². The van der Waals surface area contributed by atoms with E-state index in [-0.39, 0.29) is 11.7 Å². The number of hydrogen-bond donors (Lipinski definition) is 1. The Morgan fingerprint density at radius 3 is 2.66 bits per heavy atom. The molecule has 0 spiro atoms. The van der Waals surface area contributed by atoms with Gasteiger partial charge in [-0.25, -0.2) is 0 Å². The highest BCUT2D eigenvalue weighted by atomic mass is 32.2. The molecule has 8 heteroatoms. The van der Waals surface area contributed by atoms with E-state index in [4.69, 9.17) is 13.9 Å². The molecule has 1 N–H and O–H groups in total. The molecule has 0 aliphatic carbocycles. The summed E-state index contributed by atoms with van der Waals surface area (Å²) in [5, 5.41) is 13.6. The van der Waals surface area contributed by atoms with Crippen molar-refractivity contribution in [1.82, 2.24) is 10.2 Å². The summed E-state index contributed by atoms with van der Waals surface area (Å²) in [6.45, 7) is 4.82. The molecule has 1 amide bonds. The van der Waals surface area contributed by atoms with E-state index >= 15 is 0 Å². The first-order valence-corrected chi connectivity index (χ1v) is 11.3. The van der Waals surface area contributed by atoms with Gasteiger partial charge in [-0.3, -0.25) is 4.79 Å². The predicted octanol–water partition coefficient (Wildman–Crippen LogP) is 5.42. The number of carbonyl (C=O) groups is 1. The third-order valence-electron chi connectivity index (χ3n) is 4.59. The molecule has 0 atom stereocenters. The molecular formula is C24H23N3O4S. The number of anilines is 1. The summed E-state index contributed by atoms with van der Waals surface area (Å²) in [6.07, 6.45) is 0. The van der Waals surface area contributed by atoms with Crippen molar-refractivity contribution in [2.45, 2.75) is 19.1 Å². The summed E-state index contributed by atoms with van der Waals surface area (Å²) in [5.74, 6) is 1.57. The lowest BCUT2D eigenvalue weighted by Gasteiger charge is -2.13. The molecule has 3 aromatic carbocycles. The number of hydrogen-bond acceptors (Lipinski definition) is 7. The second-order valence-corrected chi connectivity index (χ2v) is 7.69. The first kappa shape index (κ1) is 21.7. The average Bonchev–Trinajstić information content (AvgIpc) is 3.28. The monoisotopic (exact) mass is 449 g/mol. The Morgan fingerprint density at radius 2 is 1.81 bits per heavy atom. The standard InChI is InChI=1S/C24H23N3O4S/c1-3-29-17-12-13-21(30-4-2)20(14-17)25-22(28)15-32-24-27-26-23(31-24)19-11-7-9-16-8-5-6-10-18(16)19/h5-14H,3-4,15H2,1-2H3,(H,25,28). The molecule has 7 nitrogen and oxygen atoms in total. The van der Waals surface area contributed by atoms with E-state index in [9.17, 15) is 4.79 Å². The summed E-state index contributed by atoms with van der Waals surface area (Å²) in [5.41, 5.74) is 1.42. The van der Waals surface area contributed by atoms with Crippen molar-refractivity contribution in [3.63, 3.8) is 0 Å². The van der Waals surface area contributed by atoms with Gasteiger partial charge in [0.15, 0.2) is 0 Å². The minimum Gasteiger partial charge on any atom is -0.494 e. The quantitative estimate of drug-likeness (QED) is 0.342. The molecule has 32 heavy (non-hydrogen) atoms. The van der Waals surface area contributed by atoms with E-state index in [0.717, 1.165) is 16.3 Å². The van der Waals surface area contributed by atoms with Crippen LogP contribution in [0.2, 0.25) is 0 Å². The molecule has 0 aliphatic rings. The second kappa shape index (κ2) is 10.2. The van der Waals surface area contributed by atoms with Gasteiger partial charge >= 0.3 is 0 Å². The molecular weight excluding hydrogens is 426 g/mol. The number of nitrogens with zero attached hydrogens (tertiary/aromatic N) is 2. The number of amides is 1. The number of thioether (sulfide) groups is 1. The average molecular weight is 450 g/mol. The Hall–Kier alpha value is -3.52. The van der Waals surface area contributed by atoms with Gasteiger partial charge in [0.05, 0.1) is 24.7 Å². The maximum atomic E-state index is 12.5. The van der Waals surface area contributed by atoms with Crippen LogP contribution in [0.1, 0.15) is 13.8 Å². The smallest absolute Gasteiger partial charge is 0.277 e. The van der Waals surface area contributed by atoms with Crippen molar-refractivity contribution < 1.29 is 18.7 Å². The molecule has 4 aromatic rings. The van der Waals surface area contributed by atoms with Crippen LogP contribution >= 0.6 is 11.8 Å². The molecule has 0 saturated heterocycles. The van der Waals surface area contributed by atoms with Crippen molar-refractivity contribution >= 4 is 34.1 Å². The lowest BCUT2D eigenvalue weighted by atomic mass is 10.0. The number of rotatable bonds is 9. The number of fused-ring (bicyclic) bond motifs is 1. The summed E-state index contributed by atoms with van der Waals surface area (Å²) < 4.78 is 16.9. The Balaban J connectivity index is 1.43. The first-order chi connectivity index (χ1) is 15.7. The van der Waals surface area contributed by atoms with E-state index in [1.807, 2.05) is 62.4 Å². The first-order valence-electron chi connectivity index (χ1n) is 10.3. The Morgan fingerprint density at radius 1 is 1.00 bits per heavy atom. The fourth-order valence-corrected chi connectivity index (χ4v) is 3.81. The van der Waals surface area contributed by atoms with Crippen LogP contribution in [0.15, 0.2) is 70.3 Å². The third-order valence-corrected chi connectivity index (χ3v) is 5.41. The fourth-order valence-electron chi connectivity index (χ4n) is 3.25. The molecule has 0 bridgehead atoms. The molecule has 4 rings (SSSR count). The highest BCUT2D eigenvalue weighted by molar-refractivity contribution is 7.99. The minimum absolute atomic E-state index is 0.113. The highest BCUT2D eigenvalue weighted by Crippen LogP contribution is 2.31. The number of ether oxygens (including phenoxy) is 2. The minimum atomic E-state index is -0.213. The summed E-state index contributed by atoms with van der Waals surface area (Å²) in [6, 6.07) is 19.3. The zero-order valence-electron chi connectivity index (χ0n) is 17.8. The van der Waals surface area contributed by atoms with Crippen LogP contribution in [0.25, 0.3) is 22.2 Å². The zero-order valence-corrected chi connectivity index (χ0v) is 18.6. The fraction of sp³-hybridized carbons (Fsp3) is 0.208. The van der Waals surface area contributed by atoms with Gasteiger partial charge in [-0.15, -0.1) is 10.2 Å². The third kappa shape index (κ3) is 5.03. The predicted molar refractivity (Wildman–Crippen MR) is 125 cm³/mol. The molecule has 1 heterocycles. The lowest BCUT2D eigenvalue weighted by Crippen LogP contribution is -2.15. The van der Waals surface area contributed by atoms with E-state index in [0.29, 0.717) is 41.5 Å². The van der Waals surface area contributed by atoms with Crippen molar-refractivity contribution in [1.29, 1.82) is 0 Å². The Kier molecular flexibility index (Phi) is 6.91. The Bertz CT molecular complexity index is 1220. The van der Waals surface area contributed by atoms with Crippen LogP contribution < -0.4 is 14.8 Å². The maximum absolute atomic E-state index is 12.5. The Labute approximate surface area is 190 Å². The zero-order chi connectivity index (χ0) is 22.3. The van der Waals surface area contributed by atoms with Crippen LogP contribution in [0.4, 0.5) is 5.69 Å². The summed E-state index contributed by atoms with van der Waals surface area (Å²) in [4.78, 5) is 12.5. The van der Waals surface area contributed by atoms with Crippen LogP contribution in [0, 0.1) is 0 Å². The van der Waals surface area contributed by atoms with Crippen molar-refractivity contribution in [2.75, 3.05) is 24.3 Å². The normalized spacial score (nSPS) is 10.8. The number of carbonyl (C=O) groups excluding carboxylic acids is 1. The maximum Gasteiger partial charge on any atom is 0.277 e. The van der Waals surface area contributed by atoms with Crippen LogP contribution in [-0.2, 0) is 4.79 Å². The van der Waals surface area contributed by atoms with Gasteiger partial charge in [-0.1, -0.05) is 48.2 Å². The number of benzene rings is 3. The van der Waals surface area contributed by atoms with E-state index in [1.165, 1.54) is 11.8 Å². The van der Waals surface area contributed by atoms with Gasteiger partial charge in [0.1, 0.15) is 11.5 Å². The van der Waals surface area contributed by atoms with Gasteiger partial charge in [0.25, 0.3) is 5.22 Å². The molecule has 1 aromatic heterocycles. The SMILES string of the molecule is CCOc1ccc(OCC)c(NC(=O)CSc2nnc(-c3cccc4ccccc34)o2)c1. The molecule has 0 radical (unpaired) electrons. The van der Waals surface area contributed by atoms with Crippen molar-refractivity contribution in [3.05, 3.63) is 60.7 Å². The molecule has 0 unspecified atom stereocenters. The molecule has 0 aliphatic heterocycles. The molecule has 0 saturated carbocycles. The second-order valence-electron chi connectivity index (χ2n) is 6.76. The van der Waals surface area contributed by atoms with Gasteiger partial charge in [0.2, 0.25) is 11.8 Å². The van der Waals surface area contributed by atoms with E-state index in [2.05, 4.69) is 15.5 Å². The van der Waals surface area contributed by atoms with E-state index in [1.54, 1.807) is 12.1 Å². The number of nitrogens with one attached hydrogen (secondary N) is 1. The van der Waals surface area contributed by atoms with Crippen molar-refractivity contribution in [2.24, 2.45) is 0 Å². The largest absolute Gasteiger partial charge is 0.494 e. The van der Waals surface area contributed by atoms with E-state index < -0.39 is 0 Å². The van der Waals surface area contributed by atoms with Gasteiger partial charge in [-0.05, 0) is 42.8 Å². The molecule has 164 valence electrons. The van der Waals surface area contributed by atoms with Gasteiger partial charge in [-0.2, -0.15) is 0 Å². The summed E-state index contributed by atoms with van der Waals surface area (Å²) in [7, 11) is 0. The highest BCUT2D eigenvalue weighted by Gasteiger charge is 2.15. The lowest BCUT2D eigenvalue weighted by molar-refractivity contribution is -0.113. The van der Waals surface area contributed by atoms with Crippen LogP contribution in [0.3, 0.4) is 0 Å². The number of aromatic nitrogens is 2. The van der Waals surface area contributed by atoms with Crippen LogP contribution in [0.5, 0.6) is 11.5 Å². The van der Waals surface area contributed by atoms with Crippen molar-refractivity contribution in [3.8, 4) is 23.0 Å². The van der Waals surface area contributed by atoms with Gasteiger partial charge < -0.3 is 19.2 Å². The molecule has 0 fully saturated rings. The topological polar surface area (TPSA) is 86.5 Å². The summed E-state index contributed by atoms with van der Waals surface area (Å²) >= 11 is 1.18.